The van der Waals surface area contributed by atoms with Crippen molar-refractivity contribution >= 4 is 0 Å². The molecule has 2 nitrogen and oxygen atoms in total. The smallest absolute Gasteiger partial charge is 0.0242 e. The molecule has 0 spiro atoms. The van der Waals surface area contributed by atoms with Crippen molar-refractivity contribution in [1.82, 2.24) is 5.01 Å². The van der Waals surface area contributed by atoms with E-state index in [1.54, 1.807) is 0 Å². The highest BCUT2D eigenvalue weighted by Crippen LogP contribution is 2.32. The Kier molecular flexibility index (Phi) is 1.24. The van der Waals surface area contributed by atoms with Crippen molar-refractivity contribution < 1.29 is 0 Å². The van der Waals surface area contributed by atoms with Gasteiger partial charge in [-0.3, -0.25) is 5.84 Å². The van der Waals surface area contributed by atoms with Crippen LogP contribution in [0.15, 0.2) is 0 Å². The van der Waals surface area contributed by atoms with Gasteiger partial charge in [-0.25, -0.2) is 5.01 Å². The quantitative estimate of drug-likeness (QED) is 0.446. The average Bonchev–Trinajstić information content (AvgIpc) is 2.62. The van der Waals surface area contributed by atoms with E-state index in [2.05, 4.69) is 0 Å². The molecule has 2 rings (SSSR count). The van der Waals surface area contributed by atoms with E-state index in [0.29, 0.717) is 0 Å². The number of hydrogen-bond acceptors (Lipinski definition) is 2. The Hall–Kier alpha value is -0.0800. The largest absolute Gasteiger partial charge is 0.269 e. The summed E-state index contributed by atoms with van der Waals surface area (Å²) in [5.74, 6) is 6.71. The van der Waals surface area contributed by atoms with E-state index < -0.39 is 0 Å². The van der Waals surface area contributed by atoms with E-state index in [9.17, 15) is 0 Å². The van der Waals surface area contributed by atoms with Crippen LogP contribution in [0.1, 0.15) is 25.7 Å². The van der Waals surface area contributed by atoms with E-state index in [1.807, 2.05) is 5.01 Å². The van der Waals surface area contributed by atoms with Crippen molar-refractivity contribution in [3.8, 4) is 0 Å². The Morgan fingerprint density at radius 3 is 2.33 bits per heavy atom. The molecular weight excluding hydrogens is 112 g/mol. The summed E-state index contributed by atoms with van der Waals surface area (Å²) in [5, 5.41) is 2.04. The van der Waals surface area contributed by atoms with Crippen LogP contribution in [-0.2, 0) is 0 Å². The Balaban J connectivity index is 1.69. The summed E-state index contributed by atoms with van der Waals surface area (Å²) in [4.78, 5) is 0. The molecule has 0 aromatic rings. The second kappa shape index (κ2) is 1.96. The van der Waals surface area contributed by atoms with Gasteiger partial charge in [-0.2, -0.15) is 0 Å². The highest BCUT2D eigenvalue weighted by Gasteiger charge is 2.31. The third-order valence-electron chi connectivity index (χ3n) is 2.18. The predicted molar refractivity (Wildman–Crippen MR) is 36.6 cm³/mol. The molecule has 52 valence electrons. The van der Waals surface area contributed by atoms with Gasteiger partial charge in [-0.05, 0) is 31.6 Å². The molecule has 0 heterocycles. The zero-order valence-corrected chi connectivity index (χ0v) is 5.71. The fraction of sp³-hybridized carbons (Fsp3) is 1.00. The Morgan fingerprint density at radius 1 is 1.22 bits per heavy atom. The van der Waals surface area contributed by atoms with E-state index in [1.165, 1.54) is 25.7 Å². The minimum Gasteiger partial charge on any atom is -0.269 e. The number of hydrogen-bond donors (Lipinski definition) is 1. The van der Waals surface area contributed by atoms with Crippen molar-refractivity contribution in [1.29, 1.82) is 0 Å². The van der Waals surface area contributed by atoms with Gasteiger partial charge in [-0.1, -0.05) is 0 Å². The van der Waals surface area contributed by atoms with Gasteiger partial charge >= 0.3 is 0 Å². The first-order chi connectivity index (χ1) is 4.36. The van der Waals surface area contributed by atoms with Crippen LogP contribution >= 0.6 is 0 Å². The normalized spacial score (nSPS) is 27.3. The molecule has 0 saturated heterocycles. The standard InChI is InChI=1S/C7H14N2/c8-9(7-3-4-7)5-6-1-2-6/h6-7H,1-5,8H2. The number of nitrogens with zero attached hydrogens (tertiary/aromatic N) is 1. The minimum atomic E-state index is 0.755. The predicted octanol–water partition coefficient (Wildman–Crippen LogP) is 0.734. The van der Waals surface area contributed by atoms with Gasteiger partial charge in [0.25, 0.3) is 0 Å². The lowest BCUT2D eigenvalue weighted by Gasteiger charge is -2.13. The molecule has 0 amide bonds. The Bertz CT molecular complexity index is 105. The average molecular weight is 126 g/mol. The first-order valence-electron chi connectivity index (χ1n) is 3.87. The maximum Gasteiger partial charge on any atom is 0.0242 e. The summed E-state index contributed by atoms with van der Waals surface area (Å²) in [6.07, 6.45) is 5.51. The second-order valence-corrected chi connectivity index (χ2v) is 3.37. The van der Waals surface area contributed by atoms with E-state index >= 15 is 0 Å². The van der Waals surface area contributed by atoms with Crippen molar-refractivity contribution in [2.75, 3.05) is 6.54 Å². The van der Waals surface area contributed by atoms with Gasteiger partial charge in [0.1, 0.15) is 0 Å². The molecule has 0 bridgehead atoms. The van der Waals surface area contributed by atoms with Gasteiger partial charge < -0.3 is 0 Å². The second-order valence-electron chi connectivity index (χ2n) is 3.37. The lowest BCUT2D eigenvalue weighted by atomic mass is 10.4. The Labute approximate surface area is 56.0 Å². The summed E-state index contributed by atoms with van der Waals surface area (Å²) in [6.45, 7) is 1.16. The molecule has 2 heteroatoms. The highest BCUT2D eigenvalue weighted by atomic mass is 15.4. The van der Waals surface area contributed by atoms with Crippen LogP contribution in [0.4, 0.5) is 0 Å². The van der Waals surface area contributed by atoms with Gasteiger partial charge in [0.2, 0.25) is 0 Å². The summed E-state index contributed by atoms with van der Waals surface area (Å²) in [7, 11) is 0. The third kappa shape index (κ3) is 1.43. The molecule has 0 aromatic heterocycles. The zero-order valence-electron chi connectivity index (χ0n) is 5.71. The van der Waals surface area contributed by atoms with Crippen LogP contribution in [0, 0.1) is 5.92 Å². The number of nitrogens with two attached hydrogens (primary N) is 1. The lowest BCUT2D eigenvalue weighted by Crippen LogP contribution is -2.34. The number of hydrazine groups is 1. The number of rotatable bonds is 3. The maximum atomic E-state index is 5.75. The monoisotopic (exact) mass is 126 g/mol. The molecule has 2 N–H and O–H groups in total. The molecule has 0 aromatic carbocycles. The Morgan fingerprint density at radius 2 is 1.89 bits per heavy atom. The summed E-state index contributed by atoms with van der Waals surface area (Å²) >= 11 is 0. The summed E-state index contributed by atoms with van der Waals surface area (Å²) in [6, 6.07) is 0.755. The third-order valence-corrected chi connectivity index (χ3v) is 2.18. The maximum absolute atomic E-state index is 5.75. The van der Waals surface area contributed by atoms with E-state index in [-0.39, 0.29) is 0 Å². The molecule has 0 aliphatic heterocycles. The molecular formula is C7H14N2. The molecule has 0 radical (unpaired) electrons. The molecule has 0 unspecified atom stereocenters. The first-order valence-corrected chi connectivity index (χ1v) is 3.87. The molecule has 2 saturated carbocycles. The molecule has 2 aliphatic carbocycles. The van der Waals surface area contributed by atoms with Crippen LogP contribution < -0.4 is 5.84 Å². The first kappa shape index (κ1) is 5.69. The lowest BCUT2D eigenvalue weighted by molar-refractivity contribution is 0.261. The van der Waals surface area contributed by atoms with Crippen molar-refractivity contribution in [3.63, 3.8) is 0 Å². The molecule has 2 aliphatic rings. The van der Waals surface area contributed by atoms with Gasteiger partial charge in [-0.15, -0.1) is 0 Å². The zero-order chi connectivity index (χ0) is 6.27. The SMILES string of the molecule is NN(CC1CC1)C1CC1. The fourth-order valence-corrected chi connectivity index (χ4v) is 1.15. The van der Waals surface area contributed by atoms with Crippen LogP contribution in [0.25, 0.3) is 0 Å². The van der Waals surface area contributed by atoms with Crippen LogP contribution in [-0.4, -0.2) is 17.6 Å². The van der Waals surface area contributed by atoms with Crippen molar-refractivity contribution in [2.45, 2.75) is 31.7 Å². The van der Waals surface area contributed by atoms with Gasteiger partial charge in [0, 0.05) is 12.6 Å². The van der Waals surface area contributed by atoms with Crippen LogP contribution in [0.2, 0.25) is 0 Å². The van der Waals surface area contributed by atoms with Gasteiger partial charge in [0.05, 0.1) is 0 Å². The van der Waals surface area contributed by atoms with Gasteiger partial charge in [0.15, 0.2) is 0 Å². The highest BCUT2D eigenvalue weighted by molar-refractivity contribution is 4.85. The summed E-state index contributed by atoms with van der Waals surface area (Å²) < 4.78 is 0. The van der Waals surface area contributed by atoms with Crippen LogP contribution in [0.3, 0.4) is 0 Å². The minimum absolute atomic E-state index is 0.755. The molecule has 9 heavy (non-hydrogen) atoms. The van der Waals surface area contributed by atoms with Crippen molar-refractivity contribution in [2.24, 2.45) is 11.8 Å². The van der Waals surface area contributed by atoms with E-state index in [4.69, 9.17) is 5.84 Å². The van der Waals surface area contributed by atoms with Crippen molar-refractivity contribution in [3.05, 3.63) is 0 Å². The topological polar surface area (TPSA) is 29.3 Å². The molecule has 2 fully saturated rings. The van der Waals surface area contributed by atoms with E-state index in [0.717, 1.165) is 18.5 Å². The fourth-order valence-electron chi connectivity index (χ4n) is 1.15. The summed E-state index contributed by atoms with van der Waals surface area (Å²) in [5.41, 5.74) is 0. The molecule has 0 atom stereocenters. The van der Waals surface area contributed by atoms with Crippen LogP contribution in [0.5, 0.6) is 0 Å².